The molecule has 3 N–H and O–H groups in total. The fraction of sp³-hybridized carbons (Fsp3) is 0.0588. The molecule has 0 fully saturated rings. The van der Waals surface area contributed by atoms with Gasteiger partial charge in [0.15, 0.2) is 0 Å². The molecule has 0 bridgehead atoms. The normalized spacial score (nSPS) is 10.7. The van der Waals surface area contributed by atoms with E-state index in [2.05, 4.69) is 5.32 Å². The third-order valence-electron chi connectivity index (χ3n) is 3.43. The standard InChI is InChI=1S/C17H13ClN2O2S/c1-9-6-7-12(11(8-9)16(19)21)20-17(22)15-14(18)10-4-2-3-5-13(10)23-15/h2-8H,1H3,(H2,19,21)(H,20,22). The number of hydrogen-bond donors (Lipinski definition) is 2. The summed E-state index contributed by atoms with van der Waals surface area (Å²) in [5.74, 6) is -0.950. The quantitative estimate of drug-likeness (QED) is 0.746. The number of anilines is 1. The maximum absolute atomic E-state index is 12.5. The summed E-state index contributed by atoms with van der Waals surface area (Å²) >= 11 is 7.61. The molecular weight excluding hydrogens is 332 g/mol. The highest BCUT2D eigenvalue weighted by atomic mass is 35.5. The average molecular weight is 345 g/mol. The molecule has 2 amide bonds. The molecule has 116 valence electrons. The molecule has 0 saturated heterocycles. The van der Waals surface area contributed by atoms with Crippen LogP contribution in [0.3, 0.4) is 0 Å². The molecule has 0 radical (unpaired) electrons. The summed E-state index contributed by atoms with van der Waals surface area (Å²) in [6, 6.07) is 12.6. The Hall–Kier alpha value is -2.37. The van der Waals surface area contributed by atoms with E-state index in [-0.39, 0.29) is 11.5 Å². The van der Waals surface area contributed by atoms with Gasteiger partial charge in [-0.05, 0) is 25.1 Å². The van der Waals surface area contributed by atoms with E-state index in [4.69, 9.17) is 17.3 Å². The minimum Gasteiger partial charge on any atom is -0.366 e. The highest BCUT2D eigenvalue weighted by Gasteiger charge is 2.19. The second kappa shape index (κ2) is 6.02. The van der Waals surface area contributed by atoms with Crippen molar-refractivity contribution in [3.05, 3.63) is 63.5 Å². The Morgan fingerprint density at radius 2 is 1.91 bits per heavy atom. The summed E-state index contributed by atoms with van der Waals surface area (Å²) < 4.78 is 0.932. The lowest BCUT2D eigenvalue weighted by Crippen LogP contribution is -2.18. The lowest BCUT2D eigenvalue weighted by Gasteiger charge is -2.09. The number of hydrogen-bond acceptors (Lipinski definition) is 3. The van der Waals surface area contributed by atoms with Gasteiger partial charge in [0, 0.05) is 10.1 Å². The molecule has 1 heterocycles. The fourth-order valence-electron chi connectivity index (χ4n) is 2.31. The number of aryl methyl sites for hydroxylation is 1. The maximum Gasteiger partial charge on any atom is 0.267 e. The van der Waals surface area contributed by atoms with Gasteiger partial charge in [0.1, 0.15) is 4.88 Å². The Morgan fingerprint density at radius 1 is 1.17 bits per heavy atom. The Balaban J connectivity index is 1.98. The summed E-state index contributed by atoms with van der Waals surface area (Å²) in [4.78, 5) is 24.5. The van der Waals surface area contributed by atoms with Crippen molar-refractivity contribution in [2.24, 2.45) is 5.73 Å². The highest BCUT2D eigenvalue weighted by molar-refractivity contribution is 7.21. The van der Waals surface area contributed by atoms with E-state index in [9.17, 15) is 9.59 Å². The topological polar surface area (TPSA) is 72.2 Å². The summed E-state index contributed by atoms with van der Waals surface area (Å²) in [5, 5.41) is 3.97. The van der Waals surface area contributed by atoms with Gasteiger partial charge in [-0.15, -0.1) is 11.3 Å². The average Bonchev–Trinajstić information content (AvgIpc) is 2.86. The molecule has 0 aliphatic rings. The van der Waals surface area contributed by atoms with Gasteiger partial charge in [-0.2, -0.15) is 0 Å². The SMILES string of the molecule is Cc1ccc(NC(=O)c2sc3ccccc3c2Cl)c(C(N)=O)c1. The van der Waals surface area contributed by atoms with Crippen molar-refractivity contribution in [1.29, 1.82) is 0 Å². The summed E-state index contributed by atoms with van der Waals surface area (Å²) in [6.07, 6.45) is 0. The molecule has 1 aromatic heterocycles. The van der Waals surface area contributed by atoms with E-state index in [1.807, 2.05) is 31.2 Å². The van der Waals surface area contributed by atoms with E-state index in [1.165, 1.54) is 11.3 Å². The molecule has 4 nitrogen and oxygen atoms in total. The predicted molar refractivity (Wildman–Crippen MR) is 94.5 cm³/mol. The van der Waals surface area contributed by atoms with Crippen LogP contribution in [-0.4, -0.2) is 11.8 Å². The Labute approximate surface area is 141 Å². The van der Waals surface area contributed by atoms with Crippen molar-refractivity contribution < 1.29 is 9.59 Å². The number of amides is 2. The van der Waals surface area contributed by atoms with Crippen LogP contribution in [0.2, 0.25) is 5.02 Å². The molecule has 0 atom stereocenters. The van der Waals surface area contributed by atoms with Gasteiger partial charge in [0.25, 0.3) is 11.8 Å². The van der Waals surface area contributed by atoms with Crippen LogP contribution in [0.15, 0.2) is 42.5 Å². The number of carbonyl (C=O) groups excluding carboxylic acids is 2. The first-order chi connectivity index (χ1) is 11.0. The number of nitrogens with two attached hydrogens (primary N) is 1. The van der Waals surface area contributed by atoms with Crippen LogP contribution in [-0.2, 0) is 0 Å². The number of rotatable bonds is 3. The number of thiophene rings is 1. The molecule has 3 aromatic rings. The van der Waals surface area contributed by atoms with E-state index in [0.717, 1.165) is 15.6 Å². The summed E-state index contributed by atoms with van der Waals surface area (Å²) in [5.41, 5.74) is 6.91. The number of fused-ring (bicyclic) bond motifs is 1. The minimum absolute atomic E-state index is 0.274. The van der Waals surface area contributed by atoms with Crippen molar-refractivity contribution in [1.82, 2.24) is 0 Å². The van der Waals surface area contributed by atoms with Gasteiger partial charge in [-0.1, -0.05) is 41.4 Å². The largest absolute Gasteiger partial charge is 0.366 e. The molecule has 2 aromatic carbocycles. The molecular formula is C17H13ClN2O2S. The van der Waals surface area contributed by atoms with Crippen LogP contribution in [0.1, 0.15) is 25.6 Å². The van der Waals surface area contributed by atoms with Crippen LogP contribution in [0.25, 0.3) is 10.1 Å². The monoisotopic (exact) mass is 344 g/mol. The van der Waals surface area contributed by atoms with Crippen LogP contribution >= 0.6 is 22.9 Å². The van der Waals surface area contributed by atoms with Crippen LogP contribution < -0.4 is 11.1 Å². The van der Waals surface area contributed by atoms with Crippen LogP contribution in [0.4, 0.5) is 5.69 Å². The first kappa shape index (κ1) is 15.5. The Kier molecular flexibility index (Phi) is 4.07. The molecule has 6 heteroatoms. The molecule has 23 heavy (non-hydrogen) atoms. The lowest BCUT2D eigenvalue weighted by atomic mass is 10.1. The summed E-state index contributed by atoms with van der Waals surface area (Å²) in [6.45, 7) is 1.85. The molecule has 3 rings (SSSR count). The smallest absolute Gasteiger partial charge is 0.267 e. The first-order valence-corrected chi connectivity index (χ1v) is 8.05. The van der Waals surface area contributed by atoms with E-state index in [1.54, 1.807) is 18.2 Å². The number of carbonyl (C=O) groups is 2. The second-order valence-corrected chi connectivity index (χ2v) is 6.54. The van der Waals surface area contributed by atoms with Gasteiger partial charge >= 0.3 is 0 Å². The van der Waals surface area contributed by atoms with Crippen LogP contribution in [0, 0.1) is 6.92 Å². The number of halogens is 1. The van der Waals surface area contributed by atoms with Gasteiger partial charge < -0.3 is 11.1 Å². The lowest BCUT2D eigenvalue weighted by molar-refractivity contribution is 0.100. The fourth-order valence-corrected chi connectivity index (χ4v) is 3.72. The van der Waals surface area contributed by atoms with Gasteiger partial charge in [0.2, 0.25) is 0 Å². The van der Waals surface area contributed by atoms with Crippen molar-refractivity contribution in [3.8, 4) is 0 Å². The second-order valence-electron chi connectivity index (χ2n) is 5.11. The van der Waals surface area contributed by atoms with E-state index < -0.39 is 5.91 Å². The molecule has 0 aliphatic carbocycles. The van der Waals surface area contributed by atoms with Gasteiger partial charge in [-0.3, -0.25) is 9.59 Å². The van der Waals surface area contributed by atoms with E-state index >= 15 is 0 Å². The predicted octanol–water partition coefficient (Wildman–Crippen LogP) is 4.21. The number of primary amides is 1. The zero-order chi connectivity index (χ0) is 16.6. The van der Waals surface area contributed by atoms with E-state index in [0.29, 0.717) is 15.6 Å². The van der Waals surface area contributed by atoms with Crippen molar-refractivity contribution in [3.63, 3.8) is 0 Å². The number of nitrogens with one attached hydrogen (secondary N) is 1. The Morgan fingerprint density at radius 3 is 2.61 bits per heavy atom. The third kappa shape index (κ3) is 2.93. The van der Waals surface area contributed by atoms with Crippen LogP contribution in [0.5, 0.6) is 0 Å². The zero-order valence-electron chi connectivity index (χ0n) is 12.2. The third-order valence-corrected chi connectivity index (χ3v) is 5.10. The molecule has 0 aliphatic heterocycles. The van der Waals surface area contributed by atoms with Crippen molar-refractivity contribution >= 4 is 50.5 Å². The zero-order valence-corrected chi connectivity index (χ0v) is 13.8. The molecule has 0 spiro atoms. The molecule has 0 saturated carbocycles. The van der Waals surface area contributed by atoms with Gasteiger partial charge in [-0.25, -0.2) is 0 Å². The highest BCUT2D eigenvalue weighted by Crippen LogP contribution is 2.35. The summed E-state index contributed by atoms with van der Waals surface area (Å²) in [7, 11) is 0. The van der Waals surface area contributed by atoms with Crippen molar-refractivity contribution in [2.45, 2.75) is 6.92 Å². The molecule has 0 unspecified atom stereocenters. The maximum atomic E-state index is 12.5. The Bertz CT molecular complexity index is 933. The van der Waals surface area contributed by atoms with Crippen molar-refractivity contribution in [2.75, 3.05) is 5.32 Å². The number of benzene rings is 2. The van der Waals surface area contributed by atoms with Gasteiger partial charge in [0.05, 0.1) is 16.3 Å². The minimum atomic E-state index is -0.591. The first-order valence-electron chi connectivity index (χ1n) is 6.86.